The number of anilines is 2. The predicted octanol–water partition coefficient (Wildman–Crippen LogP) is 2.87. The number of nitrogens with zero attached hydrogens (tertiary/aromatic N) is 1. The largest absolute Gasteiger partial charge is 0.340 e. The van der Waals surface area contributed by atoms with Crippen molar-refractivity contribution in [1.29, 1.82) is 0 Å². The van der Waals surface area contributed by atoms with Crippen LogP contribution in [0.15, 0.2) is 47.5 Å². The highest BCUT2D eigenvalue weighted by molar-refractivity contribution is 7.84. The van der Waals surface area contributed by atoms with E-state index in [0.29, 0.717) is 0 Å². The van der Waals surface area contributed by atoms with Crippen LogP contribution in [-0.4, -0.2) is 15.4 Å². The first kappa shape index (κ1) is 11.8. The molecule has 0 aliphatic rings. The third-order valence-corrected chi connectivity index (χ3v) is 3.31. The first-order chi connectivity index (χ1) is 8.15. The summed E-state index contributed by atoms with van der Waals surface area (Å²) in [6, 6.07) is 11.4. The smallest absolute Gasteiger partial charge is 0.130 e. The Bertz CT molecular complexity index is 537. The molecule has 1 atom stereocenters. The summed E-state index contributed by atoms with van der Waals surface area (Å²) in [5.41, 5.74) is 2.10. The molecule has 1 N–H and O–H groups in total. The highest BCUT2D eigenvalue weighted by Crippen LogP contribution is 2.16. The van der Waals surface area contributed by atoms with Crippen LogP contribution in [0.25, 0.3) is 0 Å². The third-order valence-electron chi connectivity index (χ3n) is 2.37. The Hall–Kier alpha value is -1.68. The standard InChI is InChI=1S/C13H14N2OS/c1-10-7-8-14-13(9-10)15-11-3-5-12(6-4-11)17(2)16/h3-9H,1-2H3,(H,14,15). The van der Waals surface area contributed by atoms with Gasteiger partial charge in [0.25, 0.3) is 0 Å². The van der Waals surface area contributed by atoms with E-state index < -0.39 is 10.8 Å². The molecule has 88 valence electrons. The van der Waals surface area contributed by atoms with Gasteiger partial charge < -0.3 is 5.32 Å². The van der Waals surface area contributed by atoms with Gasteiger partial charge in [-0.05, 0) is 48.9 Å². The van der Waals surface area contributed by atoms with Crippen LogP contribution >= 0.6 is 0 Å². The zero-order valence-electron chi connectivity index (χ0n) is 9.81. The van der Waals surface area contributed by atoms with Crippen molar-refractivity contribution in [3.05, 3.63) is 48.2 Å². The lowest BCUT2D eigenvalue weighted by atomic mass is 10.3. The summed E-state index contributed by atoms with van der Waals surface area (Å²) in [6.07, 6.45) is 3.44. The van der Waals surface area contributed by atoms with Gasteiger partial charge in [-0.25, -0.2) is 4.98 Å². The molecule has 1 unspecified atom stereocenters. The second-order valence-electron chi connectivity index (χ2n) is 3.82. The van der Waals surface area contributed by atoms with Gasteiger partial charge in [-0.1, -0.05) is 0 Å². The Morgan fingerprint density at radius 1 is 1.18 bits per heavy atom. The number of hydrogen-bond donors (Lipinski definition) is 1. The minimum atomic E-state index is -0.931. The lowest BCUT2D eigenvalue weighted by Gasteiger charge is -2.06. The molecule has 0 fully saturated rings. The molecule has 3 nitrogen and oxygen atoms in total. The fourth-order valence-electron chi connectivity index (χ4n) is 1.48. The molecule has 2 aromatic rings. The van der Waals surface area contributed by atoms with Crippen molar-refractivity contribution < 1.29 is 4.21 Å². The second-order valence-corrected chi connectivity index (χ2v) is 5.20. The van der Waals surface area contributed by atoms with Crippen LogP contribution in [-0.2, 0) is 10.8 Å². The molecular formula is C13H14N2OS. The summed E-state index contributed by atoms with van der Waals surface area (Å²) in [4.78, 5) is 5.05. The van der Waals surface area contributed by atoms with Crippen molar-refractivity contribution in [3.63, 3.8) is 0 Å². The number of pyridine rings is 1. The van der Waals surface area contributed by atoms with Gasteiger partial charge in [-0.15, -0.1) is 0 Å². The quantitative estimate of drug-likeness (QED) is 0.905. The van der Waals surface area contributed by atoms with Gasteiger partial charge in [0.2, 0.25) is 0 Å². The van der Waals surface area contributed by atoms with Gasteiger partial charge in [0.05, 0.1) is 0 Å². The fourth-order valence-corrected chi connectivity index (χ4v) is 2.00. The van der Waals surface area contributed by atoms with Gasteiger partial charge >= 0.3 is 0 Å². The van der Waals surface area contributed by atoms with Crippen LogP contribution in [0.3, 0.4) is 0 Å². The average molecular weight is 246 g/mol. The molecule has 1 aromatic carbocycles. The SMILES string of the molecule is Cc1ccnc(Nc2ccc(S(C)=O)cc2)c1. The van der Waals surface area contributed by atoms with E-state index in [2.05, 4.69) is 10.3 Å². The van der Waals surface area contributed by atoms with Crippen LogP contribution in [0.1, 0.15) is 5.56 Å². The van der Waals surface area contributed by atoms with Gasteiger partial charge in [0, 0.05) is 33.8 Å². The maximum Gasteiger partial charge on any atom is 0.130 e. The van der Waals surface area contributed by atoms with Crippen molar-refractivity contribution in [2.24, 2.45) is 0 Å². The van der Waals surface area contributed by atoms with Crippen molar-refractivity contribution >= 4 is 22.3 Å². The molecule has 0 amide bonds. The molecule has 1 aromatic heterocycles. The van der Waals surface area contributed by atoms with Crippen molar-refractivity contribution in [2.75, 3.05) is 11.6 Å². The fraction of sp³-hybridized carbons (Fsp3) is 0.154. The number of aryl methyl sites for hydroxylation is 1. The molecule has 1 heterocycles. The minimum Gasteiger partial charge on any atom is -0.340 e. The summed E-state index contributed by atoms with van der Waals surface area (Å²) in [7, 11) is -0.931. The average Bonchev–Trinajstić information content (AvgIpc) is 2.29. The molecule has 4 heteroatoms. The number of rotatable bonds is 3. The Kier molecular flexibility index (Phi) is 3.54. The highest BCUT2D eigenvalue weighted by atomic mass is 32.2. The Morgan fingerprint density at radius 3 is 2.47 bits per heavy atom. The van der Waals surface area contributed by atoms with Gasteiger partial charge in [0.15, 0.2) is 0 Å². The van der Waals surface area contributed by atoms with Crippen molar-refractivity contribution in [1.82, 2.24) is 4.98 Å². The predicted molar refractivity (Wildman–Crippen MR) is 71.0 cm³/mol. The van der Waals surface area contributed by atoms with Gasteiger partial charge in [-0.2, -0.15) is 0 Å². The summed E-state index contributed by atoms with van der Waals surface area (Å²) >= 11 is 0. The monoisotopic (exact) mass is 246 g/mol. The molecule has 0 radical (unpaired) electrons. The van der Waals surface area contributed by atoms with Gasteiger partial charge in [0.1, 0.15) is 5.82 Å². The molecule has 17 heavy (non-hydrogen) atoms. The van der Waals surface area contributed by atoms with Crippen LogP contribution in [0.4, 0.5) is 11.5 Å². The summed E-state index contributed by atoms with van der Waals surface area (Å²) in [6.45, 7) is 2.02. The van der Waals surface area contributed by atoms with E-state index in [-0.39, 0.29) is 0 Å². The Balaban J connectivity index is 2.16. The van der Waals surface area contributed by atoms with E-state index in [1.54, 1.807) is 12.5 Å². The zero-order valence-corrected chi connectivity index (χ0v) is 10.6. The van der Waals surface area contributed by atoms with E-state index in [9.17, 15) is 4.21 Å². The maximum absolute atomic E-state index is 11.2. The van der Waals surface area contributed by atoms with E-state index in [1.807, 2.05) is 43.3 Å². The molecule has 0 aliphatic carbocycles. The number of nitrogens with one attached hydrogen (secondary N) is 1. The molecule has 0 saturated carbocycles. The summed E-state index contributed by atoms with van der Waals surface area (Å²) in [5.74, 6) is 0.815. The highest BCUT2D eigenvalue weighted by Gasteiger charge is 1.99. The van der Waals surface area contributed by atoms with Crippen LogP contribution < -0.4 is 5.32 Å². The molecule has 2 rings (SSSR count). The molecule has 0 aliphatic heterocycles. The zero-order chi connectivity index (χ0) is 12.3. The lowest BCUT2D eigenvalue weighted by Crippen LogP contribution is -1.94. The van der Waals surface area contributed by atoms with E-state index in [0.717, 1.165) is 22.0 Å². The van der Waals surface area contributed by atoms with E-state index in [4.69, 9.17) is 0 Å². The molecular weight excluding hydrogens is 232 g/mol. The van der Waals surface area contributed by atoms with E-state index >= 15 is 0 Å². The van der Waals surface area contributed by atoms with Crippen molar-refractivity contribution in [2.45, 2.75) is 11.8 Å². The molecule has 0 saturated heterocycles. The number of aromatic nitrogens is 1. The first-order valence-electron chi connectivity index (χ1n) is 5.28. The first-order valence-corrected chi connectivity index (χ1v) is 6.84. The van der Waals surface area contributed by atoms with Crippen LogP contribution in [0, 0.1) is 6.92 Å². The Morgan fingerprint density at radius 2 is 1.88 bits per heavy atom. The van der Waals surface area contributed by atoms with Crippen LogP contribution in [0.5, 0.6) is 0 Å². The number of hydrogen-bond acceptors (Lipinski definition) is 3. The van der Waals surface area contributed by atoms with Crippen molar-refractivity contribution in [3.8, 4) is 0 Å². The Labute approximate surface area is 103 Å². The summed E-state index contributed by atoms with van der Waals surface area (Å²) in [5, 5.41) is 3.20. The van der Waals surface area contributed by atoms with E-state index in [1.165, 1.54) is 0 Å². The normalized spacial score (nSPS) is 12.1. The minimum absolute atomic E-state index is 0.815. The number of benzene rings is 1. The second kappa shape index (κ2) is 5.10. The topological polar surface area (TPSA) is 42.0 Å². The molecule has 0 bridgehead atoms. The lowest BCUT2D eigenvalue weighted by molar-refractivity contribution is 0.687. The van der Waals surface area contributed by atoms with Gasteiger partial charge in [-0.3, -0.25) is 4.21 Å². The van der Waals surface area contributed by atoms with Crippen LogP contribution in [0.2, 0.25) is 0 Å². The summed E-state index contributed by atoms with van der Waals surface area (Å²) < 4.78 is 11.2. The third kappa shape index (κ3) is 3.14. The molecule has 0 spiro atoms. The maximum atomic E-state index is 11.2.